The highest BCUT2D eigenvalue weighted by Gasteiger charge is 2.08. The number of hydrogen-bond donors (Lipinski definition) is 1. The van der Waals surface area contributed by atoms with E-state index in [9.17, 15) is 0 Å². The fourth-order valence-corrected chi connectivity index (χ4v) is 1.80. The number of hydrogen-bond acceptors (Lipinski definition) is 3. The Hall–Kier alpha value is -1.10. The first-order chi connectivity index (χ1) is 8.22. The normalized spacial score (nSPS) is 10.8. The van der Waals surface area contributed by atoms with Crippen LogP contribution in [0.25, 0.3) is 5.69 Å². The molecule has 0 fully saturated rings. The van der Waals surface area contributed by atoms with Crippen molar-refractivity contribution in [1.29, 1.82) is 0 Å². The summed E-state index contributed by atoms with van der Waals surface area (Å²) in [6.07, 6.45) is 1.83. The second kappa shape index (κ2) is 5.49. The van der Waals surface area contributed by atoms with Gasteiger partial charge < -0.3 is 5.32 Å². The van der Waals surface area contributed by atoms with E-state index in [4.69, 9.17) is 23.2 Å². The molecule has 6 heteroatoms. The summed E-state index contributed by atoms with van der Waals surface area (Å²) in [6, 6.07) is 5.42. The lowest BCUT2D eigenvalue weighted by Gasteiger charge is -2.03. The van der Waals surface area contributed by atoms with Gasteiger partial charge in [0.1, 0.15) is 0 Å². The zero-order valence-electron chi connectivity index (χ0n) is 9.32. The minimum atomic E-state index is 0.481. The summed E-state index contributed by atoms with van der Waals surface area (Å²) in [5.41, 5.74) is 1.59. The third-order valence-electron chi connectivity index (χ3n) is 2.27. The maximum atomic E-state index is 6.11. The van der Waals surface area contributed by atoms with Crippen LogP contribution in [0.15, 0.2) is 24.4 Å². The smallest absolute Gasteiger partial charge is 0.0969 e. The number of benzene rings is 1. The predicted octanol–water partition coefficient (Wildman–Crippen LogP) is 2.68. The number of nitrogens with zero attached hydrogens (tertiary/aromatic N) is 3. The first-order valence-corrected chi connectivity index (χ1v) is 6.04. The molecule has 1 aromatic carbocycles. The van der Waals surface area contributed by atoms with Crippen LogP contribution in [0.4, 0.5) is 0 Å². The molecule has 0 spiro atoms. The van der Waals surface area contributed by atoms with Crippen molar-refractivity contribution >= 4 is 23.2 Å². The molecule has 0 radical (unpaired) electrons. The van der Waals surface area contributed by atoms with Crippen LogP contribution >= 0.6 is 23.2 Å². The number of aromatic nitrogens is 3. The molecule has 0 amide bonds. The quantitative estimate of drug-likeness (QED) is 0.929. The summed E-state index contributed by atoms with van der Waals surface area (Å²) in [5, 5.41) is 12.2. The molecule has 0 bridgehead atoms. The molecule has 2 aromatic rings. The Balaban J connectivity index is 2.27. The third kappa shape index (κ3) is 2.77. The molecule has 0 saturated heterocycles. The number of halogens is 2. The van der Waals surface area contributed by atoms with Gasteiger partial charge in [-0.1, -0.05) is 41.4 Å². The molecule has 1 aromatic heterocycles. The molecule has 1 N–H and O–H groups in total. The maximum Gasteiger partial charge on any atom is 0.0969 e. The van der Waals surface area contributed by atoms with E-state index in [-0.39, 0.29) is 0 Å². The van der Waals surface area contributed by atoms with E-state index < -0.39 is 0 Å². The molecule has 0 unspecified atom stereocenters. The van der Waals surface area contributed by atoms with Crippen molar-refractivity contribution in [2.75, 3.05) is 6.54 Å². The summed E-state index contributed by atoms with van der Waals surface area (Å²) >= 11 is 12.1. The van der Waals surface area contributed by atoms with Crippen LogP contribution in [0.5, 0.6) is 0 Å². The molecule has 1 heterocycles. The van der Waals surface area contributed by atoms with Gasteiger partial charge in [0, 0.05) is 6.54 Å². The molecular weight excluding hydrogens is 259 g/mol. The van der Waals surface area contributed by atoms with Crippen molar-refractivity contribution in [3.8, 4) is 5.69 Å². The summed E-state index contributed by atoms with van der Waals surface area (Å²) in [4.78, 5) is 0. The van der Waals surface area contributed by atoms with Crippen LogP contribution in [0.1, 0.15) is 12.6 Å². The fraction of sp³-hybridized carbons (Fsp3) is 0.273. The topological polar surface area (TPSA) is 42.7 Å². The van der Waals surface area contributed by atoms with Gasteiger partial charge in [0.25, 0.3) is 0 Å². The Morgan fingerprint density at radius 3 is 2.94 bits per heavy atom. The van der Waals surface area contributed by atoms with Gasteiger partial charge in [-0.3, -0.25) is 0 Å². The summed E-state index contributed by atoms with van der Waals surface area (Å²) in [6.45, 7) is 3.62. The lowest BCUT2D eigenvalue weighted by molar-refractivity contribution is 0.705. The Kier molecular flexibility index (Phi) is 3.99. The van der Waals surface area contributed by atoms with Crippen LogP contribution < -0.4 is 5.32 Å². The van der Waals surface area contributed by atoms with Crippen LogP contribution in [0.2, 0.25) is 10.0 Å². The minimum absolute atomic E-state index is 0.481. The zero-order chi connectivity index (χ0) is 12.3. The average molecular weight is 271 g/mol. The van der Waals surface area contributed by atoms with Gasteiger partial charge >= 0.3 is 0 Å². The second-order valence-electron chi connectivity index (χ2n) is 3.51. The molecule has 17 heavy (non-hydrogen) atoms. The van der Waals surface area contributed by atoms with E-state index in [1.54, 1.807) is 10.7 Å². The van der Waals surface area contributed by atoms with Gasteiger partial charge in [0.05, 0.1) is 27.6 Å². The molecule has 90 valence electrons. The van der Waals surface area contributed by atoms with Crippen molar-refractivity contribution in [2.45, 2.75) is 13.5 Å². The van der Waals surface area contributed by atoms with Crippen molar-refractivity contribution in [3.05, 3.63) is 40.1 Å². The molecule has 4 nitrogen and oxygen atoms in total. The number of nitrogens with one attached hydrogen (secondary N) is 1. The molecule has 0 atom stereocenters. The monoisotopic (exact) mass is 270 g/mol. The minimum Gasteiger partial charge on any atom is -0.311 e. The Morgan fingerprint density at radius 2 is 2.18 bits per heavy atom. The van der Waals surface area contributed by atoms with E-state index >= 15 is 0 Å². The van der Waals surface area contributed by atoms with Crippen molar-refractivity contribution in [3.63, 3.8) is 0 Å². The Bertz CT molecular complexity index is 510. The van der Waals surface area contributed by atoms with E-state index in [0.717, 1.165) is 17.9 Å². The van der Waals surface area contributed by atoms with Crippen LogP contribution in [0, 0.1) is 0 Å². The first kappa shape index (κ1) is 12.4. The summed E-state index contributed by atoms with van der Waals surface area (Å²) in [5.74, 6) is 0. The molecule has 0 aliphatic heterocycles. The molecule has 0 aliphatic carbocycles. The number of rotatable bonds is 4. The largest absolute Gasteiger partial charge is 0.311 e. The van der Waals surface area contributed by atoms with Crippen LogP contribution in [-0.2, 0) is 6.54 Å². The van der Waals surface area contributed by atoms with E-state index in [1.807, 2.05) is 25.3 Å². The van der Waals surface area contributed by atoms with Gasteiger partial charge in [-0.05, 0) is 18.7 Å². The predicted molar refractivity (Wildman–Crippen MR) is 68.8 cm³/mol. The molecular formula is C11H12Cl2N4. The van der Waals surface area contributed by atoms with Gasteiger partial charge in [0.2, 0.25) is 0 Å². The summed E-state index contributed by atoms with van der Waals surface area (Å²) in [7, 11) is 0. The van der Waals surface area contributed by atoms with Gasteiger partial charge in [-0.2, -0.15) is 0 Å². The standard InChI is InChI=1S/C11H12Cl2N4/c1-2-14-6-8-7-17(16-15-8)10-5-3-4-9(12)11(10)13/h3-5,7,14H,2,6H2,1H3. The SMILES string of the molecule is CCNCc1cn(-c2cccc(Cl)c2Cl)nn1. The maximum absolute atomic E-state index is 6.11. The summed E-state index contributed by atoms with van der Waals surface area (Å²) < 4.78 is 1.63. The highest BCUT2D eigenvalue weighted by Crippen LogP contribution is 2.27. The second-order valence-corrected chi connectivity index (χ2v) is 4.29. The lowest BCUT2D eigenvalue weighted by atomic mass is 10.3. The zero-order valence-corrected chi connectivity index (χ0v) is 10.8. The Morgan fingerprint density at radius 1 is 1.35 bits per heavy atom. The van der Waals surface area contributed by atoms with Gasteiger partial charge in [-0.15, -0.1) is 5.10 Å². The molecule has 0 saturated carbocycles. The molecule has 2 rings (SSSR count). The van der Waals surface area contributed by atoms with Crippen LogP contribution in [-0.4, -0.2) is 21.5 Å². The van der Waals surface area contributed by atoms with E-state index in [0.29, 0.717) is 16.6 Å². The van der Waals surface area contributed by atoms with Crippen LogP contribution in [0.3, 0.4) is 0 Å². The van der Waals surface area contributed by atoms with E-state index in [2.05, 4.69) is 15.6 Å². The first-order valence-electron chi connectivity index (χ1n) is 5.28. The lowest BCUT2D eigenvalue weighted by Crippen LogP contribution is -2.11. The average Bonchev–Trinajstić information content (AvgIpc) is 2.78. The Labute approximate surface area is 110 Å². The molecule has 0 aliphatic rings. The highest BCUT2D eigenvalue weighted by atomic mass is 35.5. The van der Waals surface area contributed by atoms with Crippen molar-refractivity contribution < 1.29 is 0 Å². The fourth-order valence-electron chi connectivity index (χ4n) is 1.42. The van der Waals surface area contributed by atoms with Gasteiger partial charge in [-0.25, -0.2) is 4.68 Å². The van der Waals surface area contributed by atoms with Crippen molar-refractivity contribution in [1.82, 2.24) is 20.3 Å². The highest BCUT2D eigenvalue weighted by molar-refractivity contribution is 6.43. The third-order valence-corrected chi connectivity index (χ3v) is 3.08. The van der Waals surface area contributed by atoms with E-state index in [1.165, 1.54) is 0 Å². The van der Waals surface area contributed by atoms with Gasteiger partial charge in [0.15, 0.2) is 0 Å². The van der Waals surface area contributed by atoms with Crippen molar-refractivity contribution in [2.24, 2.45) is 0 Å².